The van der Waals surface area contributed by atoms with Gasteiger partial charge in [0.1, 0.15) is 5.82 Å². The van der Waals surface area contributed by atoms with Crippen LogP contribution in [0.5, 0.6) is 0 Å². The lowest BCUT2D eigenvalue weighted by molar-refractivity contribution is 0.628. The first-order valence-corrected chi connectivity index (χ1v) is 8.98. The summed E-state index contributed by atoms with van der Waals surface area (Å²) in [5, 5.41) is 7.05. The molecule has 0 radical (unpaired) electrons. The van der Waals surface area contributed by atoms with Gasteiger partial charge in [-0.15, -0.1) is 11.3 Å². The van der Waals surface area contributed by atoms with Crippen LogP contribution in [0, 0.1) is 12.7 Å². The molecule has 0 bridgehead atoms. The third kappa shape index (κ3) is 3.63. The second-order valence-corrected chi connectivity index (χ2v) is 7.21. The number of thiazole rings is 1. The van der Waals surface area contributed by atoms with E-state index in [1.807, 2.05) is 12.3 Å². The summed E-state index contributed by atoms with van der Waals surface area (Å²) in [4.78, 5) is 17.2. The Balaban J connectivity index is 2.20. The lowest BCUT2D eigenvalue weighted by atomic mass is 10.1. The minimum Gasteiger partial charge on any atom is -0.375 e. The largest absolute Gasteiger partial charge is 0.375 e. The highest BCUT2D eigenvalue weighted by Crippen LogP contribution is 2.23. The Bertz CT molecular complexity index is 1090. The Kier molecular flexibility index (Phi) is 5.10. The molecule has 0 saturated carbocycles. The standard InChI is InChI=1S/C17H16FN5OS2/c1-9(21-22-17(19)25)6-23-7-12(14-8-26-10(2)20-14)16(24)11-4-3-5-13(18)15(11)23/h3-5,7-8H,6H2,1-2H3,(H3,19,22,25)/b21-9+. The molecule has 0 aliphatic carbocycles. The van der Waals surface area contributed by atoms with Crippen molar-refractivity contribution >= 4 is 45.3 Å². The second-order valence-electron chi connectivity index (χ2n) is 5.71. The average molecular weight is 389 g/mol. The van der Waals surface area contributed by atoms with Gasteiger partial charge in [0.25, 0.3) is 0 Å². The van der Waals surface area contributed by atoms with E-state index in [9.17, 15) is 9.18 Å². The van der Waals surface area contributed by atoms with Crippen LogP contribution in [0.15, 0.2) is 39.7 Å². The molecule has 134 valence electrons. The molecule has 2 heterocycles. The van der Waals surface area contributed by atoms with Crippen molar-refractivity contribution in [3.05, 3.63) is 50.8 Å². The number of aromatic nitrogens is 2. The van der Waals surface area contributed by atoms with Gasteiger partial charge < -0.3 is 10.3 Å². The van der Waals surface area contributed by atoms with Gasteiger partial charge in [-0.2, -0.15) is 5.10 Å². The number of benzene rings is 1. The zero-order valence-corrected chi connectivity index (χ0v) is 15.7. The number of aryl methyl sites for hydroxylation is 1. The van der Waals surface area contributed by atoms with Crippen LogP contribution < -0.4 is 16.6 Å². The second kappa shape index (κ2) is 7.30. The van der Waals surface area contributed by atoms with Gasteiger partial charge in [-0.3, -0.25) is 10.2 Å². The molecule has 0 aliphatic heterocycles. The van der Waals surface area contributed by atoms with Gasteiger partial charge in [0.05, 0.1) is 34.0 Å². The lowest BCUT2D eigenvalue weighted by Crippen LogP contribution is -2.26. The third-order valence-electron chi connectivity index (χ3n) is 3.70. The lowest BCUT2D eigenvalue weighted by Gasteiger charge is -2.13. The molecule has 9 heteroatoms. The molecule has 1 aromatic carbocycles. The zero-order chi connectivity index (χ0) is 18.8. The Morgan fingerprint density at radius 2 is 2.27 bits per heavy atom. The van der Waals surface area contributed by atoms with Gasteiger partial charge in [-0.25, -0.2) is 9.37 Å². The van der Waals surface area contributed by atoms with E-state index in [-0.39, 0.29) is 22.6 Å². The number of hydrogen-bond acceptors (Lipinski definition) is 5. The van der Waals surface area contributed by atoms with E-state index >= 15 is 0 Å². The van der Waals surface area contributed by atoms with E-state index in [0.29, 0.717) is 22.4 Å². The van der Waals surface area contributed by atoms with Crippen molar-refractivity contribution < 1.29 is 4.39 Å². The molecule has 0 fully saturated rings. The smallest absolute Gasteiger partial charge is 0.198 e. The van der Waals surface area contributed by atoms with Crippen LogP contribution in [0.1, 0.15) is 11.9 Å². The van der Waals surface area contributed by atoms with E-state index in [1.54, 1.807) is 23.8 Å². The summed E-state index contributed by atoms with van der Waals surface area (Å²) in [6.45, 7) is 3.87. The van der Waals surface area contributed by atoms with Crippen molar-refractivity contribution in [3.63, 3.8) is 0 Å². The first-order chi connectivity index (χ1) is 12.4. The predicted molar refractivity (Wildman–Crippen MR) is 107 cm³/mol. The number of pyridine rings is 1. The van der Waals surface area contributed by atoms with Crippen LogP contribution in [0.2, 0.25) is 0 Å². The molecular formula is C17H16FN5OS2. The molecule has 26 heavy (non-hydrogen) atoms. The molecule has 3 aromatic rings. The number of para-hydroxylation sites is 1. The molecule has 2 aromatic heterocycles. The van der Waals surface area contributed by atoms with Crippen LogP contribution in [0.3, 0.4) is 0 Å². The first kappa shape index (κ1) is 18.2. The molecule has 3 rings (SSSR count). The summed E-state index contributed by atoms with van der Waals surface area (Å²) in [5.74, 6) is -0.476. The maximum Gasteiger partial charge on any atom is 0.198 e. The average Bonchev–Trinajstić information content (AvgIpc) is 3.02. The number of rotatable bonds is 4. The summed E-state index contributed by atoms with van der Waals surface area (Å²) in [6, 6.07) is 4.46. The van der Waals surface area contributed by atoms with E-state index in [0.717, 1.165) is 5.01 Å². The highest BCUT2D eigenvalue weighted by atomic mass is 32.1. The van der Waals surface area contributed by atoms with Crippen molar-refractivity contribution in [3.8, 4) is 11.3 Å². The van der Waals surface area contributed by atoms with Crippen LogP contribution >= 0.6 is 23.6 Å². The molecule has 0 amide bonds. The number of fused-ring (bicyclic) bond motifs is 1. The van der Waals surface area contributed by atoms with Gasteiger partial charge >= 0.3 is 0 Å². The van der Waals surface area contributed by atoms with Crippen LogP contribution in [0.25, 0.3) is 22.2 Å². The maximum absolute atomic E-state index is 14.5. The zero-order valence-electron chi connectivity index (χ0n) is 14.1. The molecule has 0 spiro atoms. The normalized spacial score (nSPS) is 11.7. The maximum atomic E-state index is 14.5. The number of hydrazone groups is 1. The fraction of sp³-hybridized carbons (Fsp3) is 0.176. The minimum absolute atomic E-state index is 0.0407. The van der Waals surface area contributed by atoms with Gasteiger partial charge in [0.2, 0.25) is 0 Å². The Hall–Kier alpha value is -2.65. The third-order valence-corrected chi connectivity index (χ3v) is 4.56. The number of nitrogens with one attached hydrogen (secondary N) is 1. The van der Waals surface area contributed by atoms with Crippen molar-refractivity contribution in [1.82, 2.24) is 15.0 Å². The highest BCUT2D eigenvalue weighted by molar-refractivity contribution is 7.80. The Morgan fingerprint density at radius 3 is 2.92 bits per heavy atom. The van der Waals surface area contributed by atoms with Gasteiger partial charge in [0.15, 0.2) is 10.5 Å². The Labute approximate surface area is 158 Å². The molecular weight excluding hydrogens is 373 g/mol. The van der Waals surface area contributed by atoms with E-state index in [2.05, 4.69) is 15.5 Å². The number of hydrogen-bond donors (Lipinski definition) is 2. The molecule has 0 aliphatic rings. The van der Waals surface area contributed by atoms with E-state index < -0.39 is 5.82 Å². The molecule has 0 atom stereocenters. The van der Waals surface area contributed by atoms with Gasteiger partial charge in [-0.1, -0.05) is 6.07 Å². The van der Waals surface area contributed by atoms with E-state index in [4.69, 9.17) is 18.0 Å². The SMILES string of the molecule is C/C(Cn1cc(-c2csc(C)n2)c(=O)c2cccc(F)c21)=N\NC(N)=S. The fourth-order valence-electron chi connectivity index (χ4n) is 2.64. The summed E-state index contributed by atoms with van der Waals surface area (Å²) in [5.41, 5.74) is 9.46. The number of nitrogens with zero attached hydrogens (tertiary/aromatic N) is 3. The van der Waals surface area contributed by atoms with Crippen LogP contribution in [-0.2, 0) is 6.54 Å². The van der Waals surface area contributed by atoms with Crippen molar-refractivity contribution in [2.75, 3.05) is 0 Å². The minimum atomic E-state index is -0.476. The summed E-state index contributed by atoms with van der Waals surface area (Å²) in [6.07, 6.45) is 1.61. The number of halogens is 1. The highest BCUT2D eigenvalue weighted by Gasteiger charge is 2.15. The number of thiocarbonyl (C=S) groups is 1. The monoisotopic (exact) mass is 389 g/mol. The summed E-state index contributed by atoms with van der Waals surface area (Å²) >= 11 is 6.18. The summed E-state index contributed by atoms with van der Waals surface area (Å²) < 4.78 is 16.1. The molecule has 6 nitrogen and oxygen atoms in total. The van der Waals surface area contributed by atoms with Crippen LogP contribution in [0.4, 0.5) is 4.39 Å². The summed E-state index contributed by atoms with van der Waals surface area (Å²) in [7, 11) is 0. The van der Waals surface area contributed by atoms with E-state index in [1.165, 1.54) is 23.5 Å². The molecule has 3 N–H and O–H groups in total. The number of nitrogens with two attached hydrogens (primary N) is 1. The Morgan fingerprint density at radius 1 is 1.50 bits per heavy atom. The molecule has 0 unspecified atom stereocenters. The van der Waals surface area contributed by atoms with Crippen molar-refractivity contribution in [1.29, 1.82) is 0 Å². The first-order valence-electron chi connectivity index (χ1n) is 7.69. The topological polar surface area (TPSA) is 85.3 Å². The quantitative estimate of drug-likeness (QED) is 0.407. The fourth-order valence-corrected chi connectivity index (χ4v) is 3.30. The molecule has 0 saturated heterocycles. The predicted octanol–water partition coefficient (Wildman–Crippen LogP) is 2.78. The van der Waals surface area contributed by atoms with Crippen LogP contribution in [-0.4, -0.2) is 20.4 Å². The van der Waals surface area contributed by atoms with Crippen molar-refractivity contribution in [2.24, 2.45) is 10.8 Å². The van der Waals surface area contributed by atoms with Gasteiger partial charge in [0, 0.05) is 17.0 Å². The van der Waals surface area contributed by atoms with Crippen molar-refractivity contribution in [2.45, 2.75) is 20.4 Å². The van der Waals surface area contributed by atoms with Gasteiger partial charge in [-0.05, 0) is 38.2 Å².